The van der Waals surface area contributed by atoms with Gasteiger partial charge in [-0.15, -0.1) is 0 Å². The van der Waals surface area contributed by atoms with E-state index in [9.17, 15) is 19.1 Å². The predicted octanol–water partition coefficient (Wildman–Crippen LogP) is 2.68. The summed E-state index contributed by atoms with van der Waals surface area (Å²) >= 11 is 0. The number of hydrogen-bond acceptors (Lipinski definition) is 5. The van der Waals surface area contributed by atoms with Gasteiger partial charge in [0.05, 0.1) is 17.7 Å². The molecule has 2 N–H and O–H groups in total. The highest BCUT2D eigenvalue weighted by atomic mass is 19.1. The van der Waals surface area contributed by atoms with E-state index in [-0.39, 0.29) is 22.9 Å². The van der Waals surface area contributed by atoms with Gasteiger partial charge in [0.25, 0.3) is 5.56 Å². The lowest BCUT2D eigenvalue weighted by molar-refractivity contribution is 0.0941. The van der Waals surface area contributed by atoms with Gasteiger partial charge in [0, 0.05) is 30.4 Å². The molecule has 0 amide bonds. The van der Waals surface area contributed by atoms with E-state index in [1.54, 1.807) is 30.5 Å². The fourth-order valence-corrected chi connectivity index (χ4v) is 3.04. The third-order valence-electron chi connectivity index (χ3n) is 4.35. The van der Waals surface area contributed by atoms with Crippen molar-refractivity contribution in [1.82, 2.24) is 14.0 Å². The first-order chi connectivity index (χ1) is 13.0. The molecule has 4 rings (SSSR count). The summed E-state index contributed by atoms with van der Waals surface area (Å²) in [6.45, 7) is 0.927. The Kier molecular flexibility index (Phi) is 3.97. The highest BCUT2D eigenvalue weighted by Crippen LogP contribution is 2.24. The first-order valence-electron chi connectivity index (χ1n) is 8.19. The van der Waals surface area contributed by atoms with E-state index in [1.807, 2.05) is 0 Å². The van der Waals surface area contributed by atoms with Crippen molar-refractivity contribution in [2.75, 3.05) is 5.32 Å². The molecule has 0 radical (unpaired) electrons. The van der Waals surface area contributed by atoms with E-state index in [0.29, 0.717) is 5.69 Å². The van der Waals surface area contributed by atoms with Gasteiger partial charge in [0.1, 0.15) is 5.82 Å². The van der Waals surface area contributed by atoms with Crippen molar-refractivity contribution in [2.45, 2.75) is 13.5 Å². The number of halogens is 1. The van der Waals surface area contributed by atoms with Crippen molar-refractivity contribution in [2.24, 2.45) is 0 Å². The number of rotatable bonds is 3. The number of aromatic nitrogens is 3. The molecule has 0 atom stereocenters. The Morgan fingerprint density at radius 3 is 2.81 bits per heavy atom. The summed E-state index contributed by atoms with van der Waals surface area (Å²) in [6, 6.07) is 9.64. The second-order valence-corrected chi connectivity index (χ2v) is 6.06. The van der Waals surface area contributed by atoms with Crippen LogP contribution in [-0.4, -0.2) is 25.0 Å². The zero-order valence-corrected chi connectivity index (χ0v) is 14.3. The largest absolute Gasteiger partial charge is 0.391 e. The topological polar surface area (TPSA) is 88.6 Å². The number of hydrogen-bond donors (Lipinski definition) is 2. The molecular formula is C19H15FN4O3. The van der Waals surface area contributed by atoms with Crippen molar-refractivity contribution in [3.8, 4) is 0 Å². The van der Waals surface area contributed by atoms with Gasteiger partial charge in [-0.2, -0.15) is 0 Å². The average molecular weight is 366 g/mol. The third-order valence-corrected chi connectivity index (χ3v) is 4.35. The maximum absolute atomic E-state index is 14.1. The lowest BCUT2D eigenvalue weighted by Crippen LogP contribution is -2.22. The molecule has 0 unspecified atom stereocenters. The Balaban J connectivity index is 1.83. The highest BCUT2D eigenvalue weighted by Gasteiger charge is 2.15. The summed E-state index contributed by atoms with van der Waals surface area (Å²) in [4.78, 5) is 28.3. The first-order valence-corrected chi connectivity index (χ1v) is 8.19. The Labute approximate surface area is 152 Å². The van der Waals surface area contributed by atoms with Crippen LogP contribution in [0.15, 0.2) is 53.6 Å². The fourth-order valence-electron chi connectivity index (χ4n) is 3.04. The zero-order chi connectivity index (χ0) is 19.1. The number of nitrogens with zero attached hydrogens (tertiary/aromatic N) is 3. The van der Waals surface area contributed by atoms with Crippen LogP contribution < -0.4 is 10.9 Å². The molecular weight excluding hydrogens is 351 g/mol. The number of aliphatic hydroxyl groups is 1. The lowest BCUT2D eigenvalue weighted by atomic mass is 10.2. The van der Waals surface area contributed by atoms with Crippen LogP contribution in [0.5, 0.6) is 0 Å². The van der Waals surface area contributed by atoms with Crippen LogP contribution in [0, 0.1) is 5.82 Å². The van der Waals surface area contributed by atoms with Gasteiger partial charge in [0.15, 0.2) is 11.5 Å². The van der Waals surface area contributed by atoms with E-state index < -0.39 is 18.0 Å². The molecule has 3 heterocycles. The highest BCUT2D eigenvalue weighted by molar-refractivity contribution is 5.93. The van der Waals surface area contributed by atoms with Crippen LogP contribution in [0.2, 0.25) is 0 Å². The molecule has 0 bridgehead atoms. The van der Waals surface area contributed by atoms with E-state index in [4.69, 9.17) is 0 Å². The number of carbonyl (C=O) groups excluding carboxylic acids is 1. The molecule has 0 saturated heterocycles. The summed E-state index contributed by atoms with van der Waals surface area (Å²) in [5, 5.41) is 13.4. The zero-order valence-electron chi connectivity index (χ0n) is 14.3. The minimum atomic E-state index is -0.642. The molecule has 4 aromatic rings. The first kappa shape index (κ1) is 16.9. The number of aliphatic hydroxyl groups excluding tert-OH is 1. The molecule has 0 aliphatic rings. The molecule has 0 spiro atoms. The molecule has 0 saturated carbocycles. The molecule has 7 nitrogen and oxygen atoms in total. The number of nitrogens with one attached hydrogen (secondary N) is 1. The average Bonchev–Trinajstić information content (AvgIpc) is 3.06. The molecule has 27 heavy (non-hydrogen) atoms. The molecule has 0 aliphatic heterocycles. The van der Waals surface area contributed by atoms with Gasteiger partial charge in [-0.25, -0.2) is 9.37 Å². The van der Waals surface area contributed by atoms with Gasteiger partial charge in [0.2, 0.25) is 5.91 Å². The number of pyridine rings is 1. The number of anilines is 2. The van der Waals surface area contributed by atoms with Crippen molar-refractivity contribution in [3.05, 3.63) is 70.5 Å². The predicted molar refractivity (Wildman–Crippen MR) is 98.9 cm³/mol. The summed E-state index contributed by atoms with van der Waals surface area (Å²) in [6.07, 6.45) is 3.07. The van der Waals surface area contributed by atoms with Gasteiger partial charge < -0.3 is 10.4 Å². The van der Waals surface area contributed by atoms with E-state index >= 15 is 0 Å². The standard InChI is InChI=1S/C19H15FN4O3/c1-11(26)23-8-6-12-9-13(4-5-16(12)23)21-17-14(10-25)19(27)24-7-2-3-15(20)18(24)22-17/h2-9,21,25H,10H2,1H3. The van der Waals surface area contributed by atoms with Crippen LogP contribution in [0.3, 0.4) is 0 Å². The summed E-state index contributed by atoms with van der Waals surface area (Å²) in [5.74, 6) is -0.665. The maximum Gasteiger partial charge on any atom is 0.265 e. The van der Waals surface area contributed by atoms with Crippen LogP contribution >= 0.6 is 0 Å². The molecule has 0 fully saturated rings. The smallest absolute Gasteiger partial charge is 0.265 e. The normalized spacial score (nSPS) is 11.2. The Bertz CT molecular complexity index is 1260. The van der Waals surface area contributed by atoms with Gasteiger partial charge in [-0.3, -0.25) is 18.6 Å². The summed E-state index contributed by atoms with van der Waals surface area (Å²) < 4.78 is 16.6. The molecule has 8 heteroatoms. The van der Waals surface area contributed by atoms with E-state index in [0.717, 1.165) is 15.3 Å². The van der Waals surface area contributed by atoms with E-state index in [1.165, 1.54) is 29.8 Å². The summed E-state index contributed by atoms with van der Waals surface area (Å²) in [5.41, 5.74) is 0.679. The molecule has 0 aliphatic carbocycles. The second kappa shape index (κ2) is 6.33. The van der Waals surface area contributed by atoms with Gasteiger partial charge >= 0.3 is 0 Å². The van der Waals surface area contributed by atoms with Gasteiger partial charge in [-0.1, -0.05) is 0 Å². The minimum absolute atomic E-state index is 0.0273. The van der Waals surface area contributed by atoms with Crippen molar-refractivity contribution >= 4 is 34.0 Å². The maximum atomic E-state index is 14.1. The Morgan fingerprint density at radius 1 is 1.26 bits per heavy atom. The molecule has 1 aromatic carbocycles. The Hall–Kier alpha value is -3.52. The SMILES string of the molecule is CC(=O)n1ccc2cc(Nc3nc4c(F)cccn4c(=O)c3CO)ccc21. The number of fused-ring (bicyclic) bond motifs is 2. The molecule has 3 aromatic heterocycles. The van der Waals surface area contributed by atoms with Gasteiger partial charge in [-0.05, 0) is 36.4 Å². The van der Waals surface area contributed by atoms with Crippen LogP contribution in [0.4, 0.5) is 15.9 Å². The van der Waals surface area contributed by atoms with Crippen molar-refractivity contribution in [1.29, 1.82) is 0 Å². The monoisotopic (exact) mass is 366 g/mol. The van der Waals surface area contributed by atoms with Crippen molar-refractivity contribution in [3.63, 3.8) is 0 Å². The third kappa shape index (κ3) is 2.76. The Morgan fingerprint density at radius 2 is 2.07 bits per heavy atom. The minimum Gasteiger partial charge on any atom is -0.391 e. The lowest BCUT2D eigenvalue weighted by Gasteiger charge is -2.12. The fraction of sp³-hybridized carbons (Fsp3) is 0.105. The van der Waals surface area contributed by atoms with E-state index in [2.05, 4.69) is 10.3 Å². The van der Waals surface area contributed by atoms with Crippen LogP contribution in [-0.2, 0) is 6.61 Å². The van der Waals surface area contributed by atoms with Crippen LogP contribution in [0.1, 0.15) is 17.3 Å². The number of carbonyl (C=O) groups is 1. The molecule has 136 valence electrons. The van der Waals surface area contributed by atoms with Crippen LogP contribution in [0.25, 0.3) is 16.6 Å². The quantitative estimate of drug-likeness (QED) is 0.582. The van der Waals surface area contributed by atoms with Crippen molar-refractivity contribution < 1.29 is 14.3 Å². The number of benzene rings is 1. The summed E-state index contributed by atoms with van der Waals surface area (Å²) in [7, 11) is 0. The second-order valence-electron chi connectivity index (χ2n) is 6.06.